The molecule has 0 aromatic heterocycles. The fourth-order valence-corrected chi connectivity index (χ4v) is 3.81. The number of carbonyl (C=O) groups excluding carboxylic acids is 2. The number of hydrazine groups is 1. The van der Waals surface area contributed by atoms with E-state index in [1.54, 1.807) is 5.43 Å². The topological polar surface area (TPSA) is 49.4 Å². The summed E-state index contributed by atoms with van der Waals surface area (Å²) in [7, 11) is 0.785. The van der Waals surface area contributed by atoms with Gasteiger partial charge in [-0.15, -0.1) is 0 Å². The lowest BCUT2D eigenvalue weighted by Crippen LogP contribution is -2.44. The van der Waals surface area contributed by atoms with E-state index >= 15 is 0 Å². The molecule has 0 fully saturated rings. The first-order chi connectivity index (χ1) is 18.1. The Morgan fingerprint density at radius 2 is 1.50 bits per heavy atom. The van der Waals surface area contributed by atoms with Crippen molar-refractivity contribution in [1.29, 1.82) is 0 Å². The van der Waals surface area contributed by atoms with E-state index in [-0.39, 0.29) is 22.2 Å². The van der Waals surface area contributed by atoms with Gasteiger partial charge in [-0.1, -0.05) is 40.9 Å². The normalized spacial score (nSPS) is 13.7. The summed E-state index contributed by atoms with van der Waals surface area (Å²) in [6.07, 6.45) is -17.9. The van der Waals surface area contributed by atoms with Gasteiger partial charge in [-0.3, -0.25) is 20.0 Å². The molecule has 0 aliphatic rings. The summed E-state index contributed by atoms with van der Waals surface area (Å²) >= 11 is 17.2. The van der Waals surface area contributed by atoms with E-state index in [2.05, 4.69) is 0 Å². The SMILES string of the molecule is CN(NC(=O)c1ccc(/C(F)=C/C(c2cc(Cl)c(Cl)c(Cl)c2)C(F)(F)F)cc1C(F)(F)F)C(=O)CCC(F)(F)F. The van der Waals surface area contributed by atoms with Crippen molar-refractivity contribution in [2.45, 2.75) is 37.3 Å². The lowest BCUT2D eigenvalue weighted by molar-refractivity contribution is -0.149. The minimum Gasteiger partial charge on any atom is -0.273 e. The lowest BCUT2D eigenvalue weighted by Gasteiger charge is -2.21. The molecule has 0 aliphatic heterocycles. The number of hydrogen-bond donors (Lipinski definition) is 1. The van der Waals surface area contributed by atoms with Crippen LogP contribution in [0.4, 0.5) is 43.9 Å². The minimum absolute atomic E-state index is 0.0295. The second-order valence-corrected chi connectivity index (χ2v) is 9.29. The average molecular weight is 648 g/mol. The number of halogens is 13. The van der Waals surface area contributed by atoms with Gasteiger partial charge in [0, 0.05) is 19.0 Å². The van der Waals surface area contributed by atoms with Gasteiger partial charge in [0.2, 0.25) is 5.91 Å². The zero-order valence-corrected chi connectivity index (χ0v) is 21.9. The summed E-state index contributed by atoms with van der Waals surface area (Å²) in [5.41, 5.74) is -3.00. The summed E-state index contributed by atoms with van der Waals surface area (Å²) in [4.78, 5) is 24.1. The molecule has 0 saturated heterocycles. The third kappa shape index (κ3) is 8.90. The van der Waals surface area contributed by atoms with Gasteiger partial charge in [0.05, 0.1) is 32.6 Å². The van der Waals surface area contributed by atoms with Crippen molar-refractivity contribution < 1.29 is 53.5 Å². The molecule has 17 heteroatoms. The number of nitrogens with one attached hydrogen (secondary N) is 1. The molecule has 1 N–H and O–H groups in total. The molecule has 0 aliphatic carbocycles. The van der Waals surface area contributed by atoms with Crippen LogP contribution in [0.15, 0.2) is 36.4 Å². The predicted octanol–water partition coefficient (Wildman–Crippen LogP) is 8.77. The van der Waals surface area contributed by atoms with Gasteiger partial charge in [0.25, 0.3) is 5.91 Å². The monoisotopic (exact) mass is 646 g/mol. The summed E-state index contributed by atoms with van der Waals surface area (Å²) in [5.74, 6) is -7.38. The summed E-state index contributed by atoms with van der Waals surface area (Å²) in [6.45, 7) is 0. The number of benzene rings is 2. The second kappa shape index (κ2) is 12.4. The number of allylic oxidation sites excluding steroid dienone is 1. The minimum atomic E-state index is -5.34. The number of hydrogen-bond acceptors (Lipinski definition) is 2. The standard InChI is InChI=1S/C23H15Cl3F10N2O2/c1-38(18(39)4-5-21(28,29)30)37-20(40)12-3-2-10(6-14(12)23(34,35)36)17(27)9-13(22(31,32)33)11-7-15(24)19(26)16(25)8-11/h2-3,6-9,13H,4-5H2,1H3,(H,37,40)/b17-9-. The molecule has 2 aromatic carbocycles. The second-order valence-electron chi connectivity index (χ2n) is 8.10. The van der Waals surface area contributed by atoms with Crippen LogP contribution >= 0.6 is 34.8 Å². The first kappa shape index (κ1) is 33.5. The van der Waals surface area contributed by atoms with Crippen LogP contribution in [0.5, 0.6) is 0 Å². The molecule has 2 amide bonds. The van der Waals surface area contributed by atoms with Crippen molar-refractivity contribution in [2.75, 3.05) is 7.05 Å². The molecule has 0 saturated carbocycles. The van der Waals surface area contributed by atoms with Crippen molar-refractivity contribution in [3.05, 3.63) is 73.7 Å². The van der Waals surface area contributed by atoms with Crippen LogP contribution < -0.4 is 5.43 Å². The van der Waals surface area contributed by atoms with Crippen LogP contribution in [0.3, 0.4) is 0 Å². The van der Waals surface area contributed by atoms with E-state index in [1.807, 2.05) is 0 Å². The molecular weight excluding hydrogens is 633 g/mol. The highest BCUT2D eigenvalue weighted by Crippen LogP contribution is 2.42. The molecular formula is C23H15Cl3F10N2O2. The van der Waals surface area contributed by atoms with Crippen LogP contribution in [0, 0.1) is 0 Å². The highest BCUT2D eigenvalue weighted by molar-refractivity contribution is 6.48. The van der Waals surface area contributed by atoms with Gasteiger partial charge >= 0.3 is 18.5 Å². The molecule has 40 heavy (non-hydrogen) atoms. The van der Waals surface area contributed by atoms with Crippen LogP contribution in [0.1, 0.15) is 45.8 Å². The largest absolute Gasteiger partial charge is 0.417 e. The number of rotatable bonds is 6. The number of amides is 2. The van der Waals surface area contributed by atoms with Crippen molar-refractivity contribution in [2.24, 2.45) is 0 Å². The maximum atomic E-state index is 14.9. The first-order valence-corrected chi connectivity index (χ1v) is 11.7. The Kier molecular flexibility index (Phi) is 10.4. The van der Waals surface area contributed by atoms with E-state index in [1.165, 1.54) is 0 Å². The molecule has 4 nitrogen and oxygen atoms in total. The summed E-state index contributed by atoms with van der Waals surface area (Å²) < 4.78 is 134. The fourth-order valence-electron chi connectivity index (χ4n) is 3.19. The number of nitrogens with zero attached hydrogens (tertiary/aromatic N) is 1. The highest BCUT2D eigenvalue weighted by Gasteiger charge is 2.41. The van der Waals surface area contributed by atoms with Gasteiger partial charge in [0.15, 0.2) is 0 Å². The Hall–Kier alpha value is -2.71. The quantitative estimate of drug-likeness (QED) is 0.194. The number of carbonyl (C=O) groups is 2. The zero-order valence-electron chi connectivity index (χ0n) is 19.6. The van der Waals surface area contributed by atoms with Gasteiger partial charge in [-0.05, 0) is 35.9 Å². The summed E-state index contributed by atoms with van der Waals surface area (Å²) in [5, 5.41) is -0.847. The van der Waals surface area contributed by atoms with Crippen LogP contribution in [0.2, 0.25) is 15.1 Å². The first-order valence-electron chi connectivity index (χ1n) is 10.6. The average Bonchev–Trinajstić information content (AvgIpc) is 2.81. The van der Waals surface area contributed by atoms with Gasteiger partial charge in [0.1, 0.15) is 11.7 Å². The molecule has 1 atom stereocenters. The number of alkyl halides is 9. The maximum absolute atomic E-state index is 14.9. The Balaban J connectivity index is 2.45. The van der Waals surface area contributed by atoms with Crippen LogP contribution in [-0.4, -0.2) is 36.2 Å². The van der Waals surface area contributed by atoms with Crippen molar-refractivity contribution in [1.82, 2.24) is 10.4 Å². The Bertz CT molecular complexity index is 1280. The Morgan fingerprint density at radius 3 is 1.98 bits per heavy atom. The van der Waals surface area contributed by atoms with E-state index in [0.717, 1.165) is 19.2 Å². The van der Waals surface area contributed by atoms with E-state index < -0.39 is 87.2 Å². The zero-order chi connectivity index (χ0) is 30.8. The van der Waals surface area contributed by atoms with Crippen molar-refractivity contribution >= 4 is 52.4 Å². The van der Waals surface area contributed by atoms with E-state index in [4.69, 9.17) is 34.8 Å². The third-order valence-electron chi connectivity index (χ3n) is 5.14. The Labute approximate surface area is 234 Å². The van der Waals surface area contributed by atoms with Gasteiger partial charge in [-0.25, -0.2) is 4.39 Å². The molecule has 2 rings (SSSR count). The fraction of sp³-hybridized carbons (Fsp3) is 0.304. The van der Waals surface area contributed by atoms with Gasteiger partial charge < -0.3 is 0 Å². The molecule has 220 valence electrons. The molecule has 0 radical (unpaired) electrons. The predicted molar refractivity (Wildman–Crippen MR) is 126 cm³/mol. The van der Waals surface area contributed by atoms with Crippen molar-refractivity contribution in [3.8, 4) is 0 Å². The van der Waals surface area contributed by atoms with E-state index in [0.29, 0.717) is 12.1 Å². The molecule has 0 spiro atoms. The lowest BCUT2D eigenvalue weighted by atomic mass is 9.95. The molecule has 0 bridgehead atoms. The Morgan fingerprint density at radius 1 is 0.950 bits per heavy atom. The maximum Gasteiger partial charge on any atom is 0.417 e. The van der Waals surface area contributed by atoms with Gasteiger partial charge in [-0.2, -0.15) is 39.5 Å². The van der Waals surface area contributed by atoms with Crippen molar-refractivity contribution in [3.63, 3.8) is 0 Å². The molecule has 1 unspecified atom stereocenters. The summed E-state index contributed by atoms with van der Waals surface area (Å²) in [6, 6.07) is 2.54. The highest BCUT2D eigenvalue weighted by atomic mass is 35.5. The van der Waals surface area contributed by atoms with Crippen LogP contribution in [-0.2, 0) is 11.0 Å². The van der Waals surface area contributed by atoms with Crippen LogP contribution in [0.25, 0.3) is 5.83 Å². The smallest absolute Gasteiger partial charge is 0.273 e. The van der Waals surface area contributed by atoms with E-state index in [9.17, 15) is 53.5 Å². The molecule has 0 heterocycles. The molecule has 2 aromatic rings. The third-order valence-corrected chi connectivity index (χ3v) is 6.34.